The molecule has 1 aromatic rings. The fourth-order valence-corrected chi connectivity index (χ4v) is 1.13. The average Bonchev–Trinajstić information content (AvgIpc) is 2.28. The summed E-state index contributed by atoms with van der Waals surface area (Å²) < 4.78 is 4.70. The van der Waals surface area contributed by atoms with Crippen molar-refractivity contribution in [3.05, 3.63) is 35.4 Å². The Bertz CT molecular complexity index is 421. The van der Waals surface area contributed by atoms with Crippen molar-refractivity contribution in [2.75, 3.05) is 6.61 Å². The van der Waals surface area contributed by atoms with E-state index in [0.29, 0.717) is 18.5 Å². The number of aldehydes is 1. The SMILES string of the molecule is CCOC(=O)C=Cc1ccc(O)c(C=O)c1. The molecule has 0 saturated heterocycles. The molecule has 0 bridgehead atoms. The van der Waals surface area contributed by atoms with Crippen LogP contribution in [0.15, 0.2) is 24.3 Å². The molecule has 4 nitrogen and oxygen atoms in total. The summed E-state index contributed by atoms with van der Waals surface area (Å²) in [5.41, 5.74) is 0.832. The second-order valence-corrected chi connectivity index (χ2v) is 3.02. The van der Waals surface area contributed by atoms with E-state index in [-0.39, 0.29) is 11.3 Å². The van der Waals surface area contributed by atoms with Crippen molar-refractivity contribution in [1.82, 2.24) is 0 Å². The van der Waals surface area contributed by atoms with Crippen LogP contribution in [0.2, 0.25) is 0 Å². The molecule has 0 saturated carbocycles. The van der Waals surface area contributed by atoms with Gasteiger partial charge in [0.15, 0.2) is 6.29 Å². The maximum absolute atomic E-state index is 11.0. The van der Waals surface area contributed by atoms with Gasteiger partial charge in [0, 0.05) is 6.08 Å². The lowest BCUT2D eigenvalue weighted by Gasteiger charge is -1.99. The Hall–Kier alpha value is -2.10. The van der Waals surface area contributed by atoms with Gasteiger partial charge < -0.3 is 9.84 Å². The second-order valence-electron chi connectivity index (χ2n) is 3.02. The zero-order valence-corrected chi connectivity index (χ0v) is 8.84. The minimum atomic E-state index is -0.441. The van der Waals surface area contributed by atoms with E-state index >= 15 is 0 Å². The topological polar surface area (TPSA) is 63.6 Å². The van der Waals surface area contributed by atoms with Crippen LogP contribution in [0.4, 0.5) is 0 Å². The van der Waals surface area contributed by atoms with Crippen LogP contribution in [0.25, 0.3) is 6.08 Å². The van der Waals surface area contributed by atoms with Crippen LogP contribution < -0.4 is 0 Å². The van der Waals surface area contributed by atoms with Gasteiger partial charge in [0.25, 0.3) is 0 Å². The third-order valence-electron chi connectivity index (χ3n) is 1.88. The van der Waals surface area contributed by atoms with Crippen molar-refractivity contribution >= 4 is 18.3 Å². The van der Waals surface area contributed by atoms with Gasteiger partial charge >= 0.3 is 5.97 Å². The molecule has 0 heterocycles. The minimum absolute atomic E-state index is 0.0803. The van der Waals surface area contributed by atoms with Crippen molar-refractivity contribution in [3.63, 3.8) is 0 Å². The number of phenolic OH excluding ortho intramolecular Hbond substituents is 1. The Morgan fingerprint density at radius 3 is 2.88 bits per heavy atom. The van der Waals surface area contributed by atoms with Gasteiger partial charge in [-0.15, -0.1) is 0 Å². The third-order valence-corrected chi connectivity index (χ3v) is 1.88. The quantitative estimate of drug-likeness (QED) is 0.477. The maximum atomic E-state index is 11.0. The average molecular weight is 220 g/mol. The molecule has 84 valence electrons. The molecule has 0 aliphatic carbocycles. The highest BCUT2D eigenvalue weighted by molar-refractivity contribution is 5.88. The smallest absolute Gasteiger partial charge is 0.330 e. The molecule has 0 radical (unpaired) electrons. The zero-order valence-electron chi connectivity index (χ0n) is 8.84. The Morgan fingerprint density at radius 2 is 2.25 bits per heavy atom. The summed E-state index contributed by atoms with van der Waals surface area (Å²) in [5.74, 6) is -0.522. The first-order valence-electron chi connectivity index (χ1n) is 4.80. The number of hydrogen-bond donors (Lipinski definition) is 1. The molecule has 0 aromatic heterocycles. The van der Waals surface area contributed by atoms with Crippen molar-refractivity contribution < 1.29 is 19.4 Å². The number of hydrogen-bond acceptors (Lipinski definition) is 4. The van der Waals surface area contributed by atoms with E-state index in [1.807, 2.05) is 0 Å². The molecule has 0 atom stereocenters. The molecule has 0 unspecified atom stereocenters. The van der Waals surface area contributed by atoms with Gasteiger partial charge in [-0.3, -0.25) is 4.79 Å². The highest BCUT2D eigenvalue weighted by atomic mass is 16.5. The van der Waals surface area contributed by atoms with Gasteiger partial charge in [-0.2, -0.15) is 0 Å². The zero-order chi connectivity index (χ0) is 12.0. The number of carbonyl (C=O) groups is 2. The standard InChI is InChI=1S/C12H12O4/c1-2-16-12(15)6-4-9-3-5-11(14)10(7-9)8-13/h3-8,14H,2H2,1H3. The number of benzene rings is 1. The van der Waals surface area contributed by atoms with E-state index in [2.05, 4.69) is 0 Å². The van der Waals surface area contributed by atoms with Gasteiger partial charge in [0.1, 0.15) is 5.75 Å². The first-order chi connectivity index (χ1) is 7.67. The van der Waals surface area contributed by atoms with Crippen LogP contribution in [-0.4, -0.2) is 24.0 Å². The van der Waals surface area contributed by atoms with E-state index in [9.17, 15) is 14.7 Å². The predicted octanol–water partition coefficient (Wildman–Crippen LogP) is 1.78. The van der Waals surface area contributed by atoms with Crippen LogP contribution in [0.3, 0.4) is 0 Å². The van der Waals surface area contributed by atoms with E-state index in [1.54, 1.807) is 13.0 Å². The predicted molar refractivity (Wildman–Crippen MR) is 59.2 cm³/mol. The Kier molecular flexibility index (Phi) is 4.27. The second kappa shape index (κ2) is 5.70. The van der Waals surface area contributed by atoms with Gasteiger partial charge in [0.2, 0.25) is 0 Å². The normalized spacial score (nSPS) is 10.3. The lowest BCUT2D eigenvalue weighted by molar-refractivity contribution is -0.137. The summed E-state index contributed by atoms with van der Waals surface area (Å²) in [7, 11) is 0. The number of carbonyl (C=O) groups excluding carboxylic acids is 2. The molecule has 1 aromatic carbocycles. The van der Waals surface area contributed by atoms with Crippen LogP contribution in [0, 0.1) is 0 Å². The lowest BCUT2D eigenvalue weighted by atomic mass is 10.1. The summed E-state index contributed by atoms with van der Waals surface area (Å²) in [6, 6.07) is 4.48. The van der Waals surface area contributed by atoms with E-state index in [0.717, 1.165) is 0 Å². The van der Waals surface area contributed by atoms with Gasteiger partial charge in [-0.25, -0.2) is 4.79 Å². The van der Waals surface area contributed by atoms with Crippen molar-refractivity contribution in [1.29, 1.82) is 0 Å². The third kappa shape index (κ3) is 3.24. The van der Waals surface area contributed by atoms with Crippen molar-refractivity contribution in [3.8, 4) is 5.75 Å². The van der Waals surface area contributed by atoms with Crippen molar-refractivity contribution in [2.45, 2.75) is 6.92 Å². The maximum Gasteiger partial charge on any atom is 0.330 e. The molecule has 0 amide bonds. The number of phenols is 1. The minimum Gasteiger partial charge on any atom is -0.507 e. The summed E-state index contributed by atoms with van der Waals surface area (Å²) in [6.07, 6.45) is 3.34. The molecule has 16 heavy (non-hydrogen) atoms. The van der Waals surface area contributed by atoms with E-state index in [4.69, 9.17) is 4.74 Å². The molecule has 0 spiro atoms. The number of aromatic hydroxyl groups is 1. The number of ether oxygens (including phenoxy) is 1. The molecule has 1 N–H and O–H groups in total. The first kappa shape index (κ1) is 12.0. The molecule has 0 aliphatic heterocycles. The molecular weight excluding hydrogens is 208 g/mol. The molecule has 0 aliphatic rings. The Labute approximate surface area is 93.2 Å². The highest BCUT2D eigenvalue weighted by Crippen LogP contribution is 2.17. The fourth-order valence-electron chi connectivity index (χ4n) is 1.13. The van der Waals surface area contributed by atoms with E-state index in [1.165, 1.54) is 24.3 Å². The Balaban J connectivity index is 2.82. The van der Waals surface area contributed by atoms with Crippen LogP contribution in [0.5, 0.6) is 5.75 Å². The van der Waals surface area contributed by atoms with Gasteiger partial charge in [-0.1, -0.05) is 6.07 Å². The molecular formula is C12H12O4. The largest absolute Gasteiger partial charge is 0.507 e. The number of esters is 1. The molecule has 1 rings (SSSR count). The molecule has 4 heteroatoms. The summed E-state index contributed by atoms with van der Waals surface area (Å²) in [5, 5.41) is 9.25. The van der Waals surface area contributed by atoms with Crippen LogP contribution >= 0.6 is 0 Å². The van der Waals surface area contributed by atoms with Crippen LogP contribution in [-0.2, 0) is 9.53 Å². The Morgan fingerprint density at radius 1 is 1.50 bits per heavy atom. The lowest BCUT2D eigenvalue weighted by Crippen LogP contribution is -1.98. The summed E-state index contributed by atoms with van der Waals surface area (Å²) >= 11 is 0. The first-order valence-corrected chi connectivity index (χ1v) is 4.80. The van der Waals surface area contributed by atoms with E-state index < -0.39 is 5.97 Å². The monoisotopic (exact) mass is 220 g/mol. The summed E-state index contributed by atoms with van der Waals surface area (Å²) in [4.78, 5) is 21.6. The van der Waals surface area contributed by atoms with Crippen molar-refractivity contribution in [2.24, 2.45) is 0 Å². The van der Waals surface area contributed by atoms with Gasteiger partial charge in [-0.05, 0) is 30.7 Å². The fraction of sp³-hybridized carbons (Fsp3) is 0.167. The van der Waals surface area contributed by atoms with Gasteiger partial charge in [0.05, 0.1) is 12.2 Å². The van der Waals surface area contributed by atoms with Crippen LogP contribution in [0.1, 0.15) is 22.8 Å². The molecule has 0 fully saturated rings. The summed E-state index contributed by atoms with van der Waals surface area (Å²) in [6.45, 7) is 2.04. The highest BCUT2D eigenvalue weighted by Gasteiger charge is 2.00. The number of rotatable bonds is 4.